The van der Waals surface area contributed by atoms with Gasteiger partial charge in [-0.1, -0.05) is 145 Å². The summed E-state index contributed by atoms with van der Waals surface area (Å²) in [6.07, 6.45) is 7.01. The molecule has 3 heterocycles. The third-order valence-corrected chi connectivity index (χ3v) is 12.3. The van der Waals surface area contributed by atoms with Gasteiger partial charge in [-0.25, -0.2) is 0 Å². The molecule has 0 amide bonds. The van der Waals surface area contributed by atoms with Crippen molar-refractivity contribution in [2.24, 2.45) is 0 Å². The van der Waals surface area contributed by atoms with Crippen molar-refractivity contribution in [3.63, 3.8) is 0 Å². The van der Waals surface area contributed by atoms with E-state index in [1.165, 1.54) is 87.1 Å². The van der Waals surface area contributed by atoms with Gasteiger partial charge in [0.2, 0.25) is 0 Å². The van der Waals surface area contributed by atoms with E-state index in [2.05, 4.69) is 180 Å². The van der Waals surface area contributed by atoms with Crippen molar-refractivity contribution in [1.82, 2.24) is 10.2 Å². The molecule has 1 N–H and O–H groups in total. The third-order valence-electron chi connectivity index (χ3n) is 10.9. The maximum Gasteiger partial charge on any atom is 0.101 e. The molecule has 0 bridgehead atoms. The van der Waals surface area contributed by atoms with E-state index in [1.807, 2.05) is 11.8 Å². The molecule has 0 radical (unpaired) electrons. The van der Waals surface area contributed by atoms with Crippen LogP contribution in [0.5, 0.6) is 0 Å². The van der Waals surface area contributed by atoms with Crippen molar-refractivity contribution >= 4 is 60.5 Å². The van der Waals surface area contributed by atoms with E-state index in [4.69, 9.17) is 0 Å². The fourth-order valence-electron chi connectivity index (χ4n) is 8.68. The Morgan fingerprint density at radius 2 is 1.08 bits per heavy atom. The molecular weight excluding hydrogens is 625 g/mol. The largest absolute Gasteiger partial charge is 0.338 e. The first-order valence-corrected chi connectivity index (χ1v) is 18.3. The van der Waals surface area contributed by atoms with Crippen LogP contribution in [0.15, 0.2) is 175 Å². The second-order valence-corrected chi connectivity index (χ2v) is 14.8. The molecule has 3 atom stereocenters. The fourth-order valence-corrected chi connectivity index (χ4v) is 10.1. The Hall–Kier alpha value is -5.61. The quantitative estimate of drug-likeness (QED) is 0.191. The Kier molecular flexibility index (Phi) is 6.19. The first-order valence-electron chi connectivity index (χ1n) is 17.4. The number of allylic oxidation sites excluding steroid dienone is 2. The predicted octanol–water partition coefficient (Wildman–Crippen LogP) is 11.9. The van der Waals surface area contributed by atoms with Crippen LogP contribution >= 0.6 is 11.8 Å². The van der Waals surface area contributed by atoms with E-state index in [1.54, 1.807) is 0 Å². The normalized spacial score (nSPS) is 19.2. The number of benzene rings is 8. The number of nitrogens with zero attached hydrogens (tertiary/aromatic N) is 1. The van der Waals surface area contributed by atoms with Gasteiger partial charge in [0.05, 0.1) is 6.04 Å². The van der Waals surface area contributed by atoms with Gasteiger partial charge in [0.15, 0.2) is 0 Å². The second kappa shape index (κ2) is 10.9. The van der Waals surface area contributed by atoms with Crippen LogP contribution in [0.1, 0.15) is 17.2 Å². The minimum atomic E-state index is 0.159. The van der Waals surface area contributed by atoms with Crippen LogP contribution in [0, 0.1) is 0 Å². The summed E-state index contributed by atoms with van der Waals surface area (Å²) in [6, 6.07) is 56.7. The zero-order chi connectivity index (χ0) is 32.8. The summed E-state index contributed by atoms with van der Waals surface area (Å²) in [7, 11) is 0. The van der Waals surface area contributed by atoms with Gasteiger partial charge in [0.1, 0.15) is 11.5 Å². The van der Waals surface area contributed by atoms with Gasteiger partial charge >= 0.3 is 0 Å². The van der Waals surface area contributed by atoms with Crippen molar-refractivity contribution in [2.45, 2.75) is 22.5 Å². The van der Waals surface area contributed by atoms with E-state index in [-0.39, 0.29) is 6.17 Å². The minimum absolute atomic E-state index is 0.159. The second-order valence-electron chi connectivity index (χ2n) is 13.7. The molecule has 0 aliphatic carbocycles. The van der Waals surface area contributed by atoms with E-state index in [9.17, 15) is 0 Å². The summed E-state index contributed by atoms with van der Waals surface area (Å²) in [5.41, 5.74) is 8.99. The molecule has 0 spiro atoms. The highest BCUT2D eigenvalue weighted by atomic mass is 32.2. The zero-order valence-corrected chi connectivity index (χ0v) is 28.1. The predicted molar refractivity (Wildman–Crippen MR) is 212 cm³/mol. The maximum absolute atomic E-state index is 3.95. The summed E-state index contributed by atoms with van der Waals surface area (Å²) in [5, 5.41) is 14.4. The molecule has 0 saturated carbocycles. The molecule has 236 valence electrons. The Morgan fingerprint density at radius 1 is 0.500 bits per heavy atom. The number of hydrogen-bond acceptors (Lipinski definition) is 3. The van der Waals surface area contributed by atoms with Crippen LogP contribution in [0.25, 0.3) is 71.0 Å². The van der Waals surface area contributed by atoms with Crippen molar-refractivity contribution < 1.29 is 0 Å². The van der Waals surface area contributed by atoms with Crippen LogP contribution in [-0.4, -0.2) is 16.4 Å². The number of thioether (sulfide) groups is 1. The Labute approximate surface area is 295 Å². The first-order chi connectivity index (χ1) is 24.8. The molecule has 3 heteroatoms. The smallest absolute Gasteiger partial charge is 0.101 e. The van der Waals surface area contributed by atoms with Crippen LogP contribution in [0.2, 0.25) is 0 Å². The molecule has 2 nitrogen and oxygen atoms in total. The summed E-state index contributed by atoms with van der Waals surface area (Å²) in [5.74, 6) is 0. The Balaban J connectivity index is 1.17. The van der Waals surface area contributed by atoms with Gasteiger partial charge < -0.3 is 4.90 Å². The lowest BCUT2D eigenvalue weighted by Crippen LogP contribution is -2.36. The lowest BCUT2D eigenvalue weighted by atomic mass is 9.84. The minimum Gasteiger partial charge on any atom is -0.338 e. The highest BCUT2D eigenvalue weighted by Crippen LogP contribution is 2.53. The first kappa shape index (κ1) is 28.3. The molecular formula is C47H32N2S. The number of fused-ring (bicyclic) bond motifs is 9. The van der Waals surface area contributed by atoms with Crippen molar-refractivity contribution in [3.8, 4) is 22.3 Å². The summed E-state index contributed by atoms with van der Waals surface area (Å²) < 4.78 is 0. The Morgan fingerprint density at radius 3 is 1.80 bits per heavy atom. The number of rotatable bonds is 3. The summed E-state index contributed by atoms with van der Waals surface area (Å²) >= 11 is 1.99. The van der Waals surface area contributed by atoms with Crippen LogP contribution < -0.4 is 5.32 Å². The zero-order valence-electron chi connectivity index (χ0n) is 27.3. The molecule has 50 heavy (non-hydrogen) atoms. The number of hydrogen-bond donors (Lipinski definition) is 1. The molecule has 11 rings (SSSR count). The van der Waals surface area contributed by atoms with E-state index in [0.29, 0.717) is 11.4 Å². The van der Waals surface area contributed by atoms with Crippen LogP contribution in [0.4, 0.5) is 0 Å². The lowest BCUT2D eigenvalue weighted by Gasteiger charge is -2.33. The highest BCUT2D eigenvalue weighted by molar-refractivity contribution is 8.00. The topological polar surface area (TPSA) is 15.3 Å². The van der Waals surface area contributed by atoms with Crippen LogP contribution in [0.3, 0.4) is 0 Å². The van der Waals surface area contributed by atoms with Gasteiger partial charge in [-0.2, -0.15) is 0 Å². The molecule has 3 aliphatic rings. The summed E-state index contributed by atoms with van der Waals surface area (Å²) in [6.45, 7) is 0. The number of nitrogens with one attached hydrogen (secondary N) is 1. The third kappa shape index (κ3) is 4.21. The average Bonchev–Trinajstić information content (AvgIpc) is 3.72. The van der Waals surface area contributed by atoms with Gasteiger partial charge in [-0.15, -0.1) is 0 Å². The molecule has 8 aromatic rings. The molecule has 3 aliphatic heterocycles. The summed E-state index contributed by atoms with van der Waals surface area (Å²) in [4.78, 5) is 3.99. The standard InChI is InChI=1S/C47H32N2S/c1-3-12-31-26-34(22-20-29(31)10-1)44-36-14-5-6-15-37(36)45(35-23-21-30-11-2-4-13-32(30)27-35)40-28-33(24-25-38(40)44)41-17-9-19-43-48-46-39-16-7-8-18-42(39)50-47(46)49(41)43/h1-28,43,46-48H. The van der Waals surface area contributed by atoms with Crippen molar-refractivity contribution in [2.75, 3.05) is 0 Å². The van der Waals surface area contributed by atoms with Gasteiger partial charge in [0.25, 0.3) is 0 Å². The van der Waals surface area contributed by atoms with Crippen molar-refractivity contribution in [3.05, 3.63) is 181 Å². The van der Waals surface area contributed by atoms with Gasteiger partial charge in [-0.3, -0.25) is 5.32 Å². The average molecular weight is 657 g/mol. The van der Waals surface area contributed by atoms with Gasteiger partial charge in [0, 0.05) is 10.6 Å². The molecule has 8 aromatic carbocycles. The molecule has 3 unspecified atom stereocenters. The molecule has 1 fully saturated rings. The molecule has 0 aromatic heterocycles. The van der Waals surface area contributed by atoms with Gasteiger partial charge in [-0.05, 0) is 113 Å². The monoisotopic (exact) mass is 656 g/mol. The highest BCUT2D eigenvalue weighted by Gasteiger charge is 2.47. The Bertz CT molecular complexity index is 2760. The SMILES string of the molecule is C1=CC2NC3c4ccccc4SC3N2C(c2ccc3c(-c4ccc5ccccc5c4)c4ccccc4c(-c4ccc5ccccc5c4)c3c2)=C1. The van der Waals surface area contributed by atoms with Crippen LogP contribution in [-0.2, 0) is 0 Å². The molecule has 1 saturated heterocycles. The van der Waals surface area contributed by atoms with E-state index >= 15 is 0 Å². The lowest BCUT2D eigenvalue weighted by molar-refractivity contribution is 0.385. The fraction of sp³-hybridized carbons (Fsp3) is 0.0638. The maximum atomic E-state index is 3.95. The van der Waals surface area contributed by atoms with Crippen molar-refractivity contribution in [1.29, 1.82) is 0 Å². The van der Waals surface area contributed by atoms with E-state index < -0.39 is 0 Å². The van der Waals surface area contributed by atoms with E-state index in [0.717, 1.165) is 0 Å².